The lowest BCUT2D eigenvalue weighted by Gasteiger charge is -2.09. The summed E-state index contributed by atoms with van der Waals surface area (Å²) in [6.07, 6.45) is 0. The lowest BCUT2D eigenvalue weighted by Crippen LogP contribution is -2.22. The molecule has 0 fully saturated rings. The van der Waals surface area contributed by atoms with Crippen molar-refractivity contribution < 1.29 is 5.11 Å². The summed E-state index contributed by atoms with van der Waals surface area (Å²) in [7, 11) is 1.95. The van der Waals surface area contributed by atoms with Gasteiger partial charge in [0.25, 0.3) is 0 Å². The minimum atomic E-state index is 0.200. The molecule has 0 bridgehead atoms. The van der Waals surface area contributed by atoms with Gasteiger partial charge >= 0.3 is 0 Å². The van der Waals surface area contributed by atoms with Crippen molar-refractivity contribution in [2.45, 2.75) is 38.4 Å². The Bertz CT molecular complexity index is 336. The highest BCUT2D eigenvalue weighted by molar-refractivity contribution is 7.99. The van der Waals surface area contributed by atoms with Crippen molar-refractivity contribution in [1.29, 1.82) is 0 Å². The highest BCUT2D eigenvalue weighted by atomic mass is 32.2. The number of aliphatic hydroxyl groups excluding tert-OH is 1. The molecule has 0 saturated carbocycles. The zero-order valence-corrected chi connectivity index (χ0v) is 11.3. The summed E-state index contributed by atoms with van der Waals surface area (Å²) in [5.41, 5.74) is 2.31. The molecular formula is C11H21N3OS. The molecule has 2 N–H and O–H groups in total. The second-order valence-corrected chi connectivity index (χ2v) is 5.18. The topological polar surface area (TPSA) is 50.1 Å². The first-order valence-corrected chi connectivity index (χ1v) is 6.54. The van der Waals surface area contributed by atoms with Gasteiger partial charge in [0.15, 0.2) is 0 Å². The van der Waals surface area contributed by atoms with E-state index in [1.54, 1.807) is 11.8 Å². The molecule has 92 valence electrons. The maximum Gasteiger partial charge on any atom is 0.0985 e. The predicted octanol–water partition coefficient (Wildman–Crippen LogP) is 1.31. The number of aliphatic hydroxyl groups is 1. The van der Waals surface area contributed by atoms with Gasteiger partial charge in [-0.1, -0.05) is 13.8 Å². The number of hydrogen-bond donors (Lipinski definition) is 2. The molecule has 1 heterocycles. The number of nitrogens with one attached hydrogen (secondary N) is 1. The predicted molar refractivity (Wildman–Crippen MR) is 67.7 cm³/mol. The van der Waals surface area contributed by atoms with E-state index in [1.807, 2.05) is 18.7 Å². The molecule has 1 rings (SSSR count). The fraction of sp³-hybridized carbons (Fsp3) is 0.727. The van der Waals surface area contributed by atoms with E-state index in [4.69, 9.17) is 5.11 Å². The van der Waals surface area contributed by atoms with Crippen LogP contribution in [0.5, 0.6) is 0 Å². The Hall–Kier alpha value is -0.520. The summed E-state index contributed by atoms with van der Waals surface area (Å²) in [6.45, 7) is 7.33. The molecular weight excluding hydrogens is 222 g/mol. The molecule has 0 unspecified atom stereocenters. The fourth-order valence-electron chi connectivity index (χ4n) is 1.51. The van der Waals surface area contributed by atoms with Crippen LogP contribution in [0.25, 0.3) is 0 Å². The van der Waals surface area contributed by atoms with E-state index in [1.165, 1.54) is 5.56 Å². The van der Waals surface area contributed by atoms with Crippen molar-refractivity contribution in [3.05, 3.63) is 11.3 Å². The number of aromatic nitrogens is 2. The Morgan fingerprint density at radius 1 is 1.50 bits per heavy atom. The van der Waals surface area contributed by atoms with Crippen LogP contribution in [0.15, 0.2) is 5.03 Å². The Morgan fingerprint density at radius 3 is 2.75 bits per heavy atom. The van der Waals surface area contributed by atoms with Gasteiger partial charge in [0.05, 0.1) is 17.3 Å². The van der Waals surface area contributed by atoms with Crippen molar-refractivity contribution in [3.8, 4) is 0 Å². The third kappa shape index (κ3) is 3.50. The molecule has 1 aromatic rings. The highest BCUT2D eigenvalue weighted by Crippen LogP contribution is 2.24. The van der Waals surface area contributed by atoms with E-state index in [0.717, 1.165) is 17.3 Å². The van der Waals surface area contributed by atoms with E-state index in [-0.39, 0.29) is 6.61 Å². The molecule has 5 heteroatoms. The Labute approximate surface area is 101 Å². The third-order valence-corrected chi connectivity index (χ3v) is 3.48. The minimum Gasteiger partial charge on any atom is -0.396 e. The van der Waals surface area contributed by atoms with Crippen LogP contribution in [-0.2, 0) is 13.6 Å². The summed E-state index contributed by atoms with van der Waals surface area (Å²) >= 11 is 1.66. The second kappa shape index (κ2) is 6.27. The van der Waals surface area contributed by atoms with Crippen LogP contribution >= 0.6 is 11.8 Å². The summed E-state index contributed by atoms with van der Waals surface area (Å²) < 4.78 is 1.90. The SMILES string of the molecule is Cc1nn(C)c(SCCO)c1CNC(C)C. The molecule has 1 aromatic heterocycles. The van der Waals surface area contributed by atoms with Crippen molar-refractivity contribution >= 4 is 11.8 Å². The van der Waals surface area contributed by atoms with Crippen LogP contribution in [0.3, 0.4) is 0 Å². The van der Waals surface area contributed by atoms with E-state index in [0.29, 0.717) is 11.8 Å². The smallest absolute Gasteiger partial charge is 0.0985 e. The monoisotopic (exact) mass is 243 g/mol. The maximum absolute atomic E-state index is 8.87. The van der Waals surface area contributed by atoms with Crippen molar-refractivity contribution in [2.24, 2.45) is 7.05 Å². The van der Waals surface area contributed by atoms with Crippen molar-refractivity contribution in [1.82, 2.24) is 15.1 Å². The molecule has 4 nitrogen and oxygen atoms in total. The van der Waals surface area contributed by atoms with Crippen LogP contribution in [0.2, 0.25) is 0 Å². The average molecular weight is 243 g/mol. The first-order chi connectivity index (χ1) is 7.56. The quantitative estimate of drug-likeness (QED) is 0.740. The van der Waals surface area contributed by atoms with Crippen LogP contribution in [0.4, 0.5) is 0 Å². The molecule has 0 aromatic carbocycles. The molecule has 0 spiro atoms. The number of thioether (sulfide) groups is 1. The van der Waals surface area contributed by atoms with Crippen LogP contribution < -0.4 is 5.32 Å². The lowest BCUT2D eigenvalue weighted by atomic mass is 10.2. The zero-order valence-electron chi connectivity index (χ0n) is 10.4. The van der Waals surface area contributed by atoms with Crippen molar-refractivity contribution in [3.63, 3.8) is 0 Å². The summed E-state index contributed by atoms with van der Waals surface area (Å²) in [4.78, 5) is 0. The maximum atomic E-state index is 8.87. The molecule has 0 radical (unpaired) electrons. The van der Waals surface area contributed by atoms with E-state index >= 15 is 0 Å². The normalized spacial score (nSPS) is 11.4. The van der Waals surface area contributed by atoms with E-state index < -0.39 is 0 Å². The fourth-order valence-corrected chi connectivity index (χ4v) is 2.42. The van der Waals surface area contributed by atoms with Gasteiger partial charge in [-0.2, -0.15) is 5.10 Å². The van der Waals surface area contributed by atoms with Gasteiger partial charge in [-0.3, -0.25) is 4.68 Å². The van der Waals surface area contributed by atoms with Gasteiger partial charge in [0.2, 0.25) is 0 Å². The third-order valence-electron chi connectivity index (χ3n) is 2.31. The standard InChI is InChI=1S/C11H21N3OS/c1-8(2)12-7-10-9(3)13-14(4)11(10)16-6-5-15/h8,12,15H,5-7H2,1-4H3. The molecule has 0 aliphatic rings. The Balaban J connectivity index is 2.78. The molecule has 0 atom stereocenters. The first kappa shape index (κ1) is 13.5. The summed E-state index contributed by atoms with van der Waals surface area (Å²) in [6, 6.07) is 0.468. The number of hydrogen-bond acceptors (Lipinski definition) is 4. The lowest BCUT2D eigenvalue weighted by molar-refractivity contribution is 0.322. The molecule has 0 saturated heterocycles. The number of rotatable bonds is 6. The largest absolute Gasteiger partial charge is 0.396 e. The molecule has 0 amide bonds. The number of aryl methyl sites for hydroxylation is 2. The second-order valence-electron chi connectivity index (χ2n) is 4.10. The molecule has 0 aliphatic carbocycles. The zero-order chi connectivity index (χ0) is 12.1. The first-order valence-electron chi connectivity index (χ1n) is 5.55. The van der Waals surface area contributed by atoms with Crippen LogP contribution in [0, 0.1) is 6.92 Å². The van der Waals surface area contributed by atoms with Gasteiger partial charge in [-0.15, -0.1) is 11.8 Å². The highest BCUT2D eigenvalue weighted by Gasteiger charge is 2.13. The van der Waals surface area contributed by atoms with Gasteiger partial charge in [-0.25, -0.2) is 0 Å². The van der Waals surface area contributed by atoms with E-state index in [2.05, 4.69) is 24.3 Å². The Morgan fingerprint density at radius 2 is 2.19 bits per heavy atom. The summed E-state index contributed by atoms with van der Waals surface area (Å²) in [5.74, 6) is 0.716. The van der Waals surface area contributed by atoms with Crippen molar-refractivity contribution in [2.75, 3.05) is 12.4 Å². The van der Waals surface area contributed by atoms with Gasteiger partial charge in [-0.05, 0) is 6.92 Å². The Kier molecular flexibility index (Phi) is 5.31. The van der Waals surface area contributed by atoms with Gasteiger partial charge in [0, 0.05) is 31.0 Å². The molecule has 0 aliphatic heterocycles. The average Bonchev–Trinajstić information content (AvgIpc) is 2.47. The van der Waals surface area contributed by atoms with Crippen LogP contribution in [-0.4, -0.2) is 33.3 Å². The van der Waals surface area contributed by atoms with Gasteiger partial charge < -0.3 is 10.4 Å². The summed E-state index contributed by atoms with van der Waals surface area (Å²) in [5, 5.41) is 17.8. The van der Waals surface area contributed by atoms with E-state index in [9.17, 15) is 0 Å². The number of nitrogens with zero attached hydrogens (tertiary/aromatic N) is 2. The van der Waals surface area contributed by atoms with Gasteiger partial charge in [0.1, 0.15) is 0 Å². The van der Waals surface area contributed by atoms with Crippen LogP contribution in [0.1, 0.15) is 25.1 Å². The molecule has 16 heavy (non-hydrogen) atoms. The minimum absolute atomic E-state index is 0.200.